The van der Waals surface area contributed by atoms with Gasteiger partial charge in [0.15, 0.2) is 0 Å². The Balaban J connectivity index is 2.02. The van der Waals surface area contributed by atoms with Gasteiger partial charge < -0.3 is 9.30 Å². The van der Waals surface area contributed by atoms with Crippen molar-refractivity contribution < 1.29 is 4.74 Å². The van der Waals surface area contributed by atoms with Gasteiger partial charge in [-0.05, 0) is 37.1 Å². The lowest BCUT2D eigenvalue weighted by Gasteiger charge is -2.11. The number of rotatable bonds is 5. The first-order valence-electron chi connectivity index (χ1n) is 7.83. The number of hydrogen-bond acceptors (Lipinski definition) is 3. The molecule has 0 unspecified atom stereocenters. The highest BCUT2D eigenvalue weighted by Crippen LogP contribution is 2.15. The quantitative estimate of drug-likeness (QED) is 0.728. The lowest BCUT2D eigenvalue weighted by Crippen LogP contribution is -2.23. The Morgan fingerprint density at radius 3 is 2.61 bits per heavy atom. The molecule has 0 aliphatic carbocycles. The standard InChI is InChI=1S/C18H21N3O2/c1-4-9-21-17-10-13(2)20(18(22)16(17)11-19-21)12-14-5-7-15(23-3)8-6-14/h5-8,10-11H,4,9,12H2,1-3H3. The van der Waals surface area contributed by atoms with Crippen molar-refractivity contribution in [1.29, 1.82) is 0 Å². The van der Waals surface area contributed by atoms with Crippen molar-refractivity contribution in [3.8, 4) is 5.75 Å². The molecule has 0 saturated heterocycles. The summed E-state index contributed by atoms with van der Waals surface area (Å²) in [7, 11) is 1.64. The summed E-state index contributed by atoms with van der Waals surface area (Å²) in [5.74, 6) is 0.814. The molecular formula is C18H21N3O2. The predicted octanol–water partition coefficient (Wildman–Crippen LogP) is 2.97. The molecule has 5 nitrogen and oxygen atoms in total. The molecule has 0 N–H and O–H groups in total. The van der Waals surface area contributed by atoms with Gasteiger partial charge in [-0.3, -0.25) is 9.48 Å². The van der Waals surface area contributed by atoms with Crippen LogP contribution in [0.25, 0.3) is 10.9 Å². The van der Waals surface area contributed by atoms with E-state index in [1.807, 2.05) is 41.9 Å². The van der Waals surface area contributed by atoms with Crippen molar-refractivity contribution >= 4 is 10.9 Å². The van der Waals surface area contributed by atoms with Crippen LogP contribution in [0.3, 0.4) is 0 Å². The van der Waals surface area contributed by atoms with Gasteiger partial charge in [-0.15, -0.1) is 0 Å². The monoisotopic (exact) mass is 311 g/mol. The van der Waals surface area contributed by atoms with Gasteiger partial charge in [0, 0.05) is 12.2 Å². The minimum Gasteiger partial charge on any atom is -0.497 e. The number of pyridine rings is 1. The number of aryl methyl sites for hydroxylation is 2. The van der Waals surface area contributed by atoms with E-state index in [-0.39, 0.29) is 5.56 Å². The Kier molecular flexibility index (Phi) is 4.19. The van der Waals surface area contributed by atoms with Crippen LogP contribution in [-0.2, 0) is 13.1 Å². The Morgan fingerprint density at radius 1 is 1.22 bits per heavy atom. The molecule has 2 heterocycles. The summed E-state index contributed by atoms with van der Waals surface area (Å²) in [4.78, 5) is 12.8. The maximum atomic E-state index is 12.8. The molecule has 0 radical (unpaired) electrons. The highest BCUT2D eigenvalue weighted by atomic mass is 16.5. The molecule has 0 aliphatic heterocycles. The minimum absolute atomic E-state index is 0.0122. The van der Waals surface area contributed by atoms with Crippen LogP contribution in [0.5, 0.6) is 5.75 Å². The fourth-order valence-electron chi connectivity index (χ4n) is 2.79. The van der Waals surface area contributed by atoms with Crippen LogP contribution < -0.4 is 10.3 Å². The van der Waals surface area contributed by atoms with Crippen molar-refractivity contribution in [2.75, 3.05) is 7.11 Å². The molecule has 3 aromatic rings. The SMILES string of the molecule is CCCn1ncc2c(=O)n(Cc3ccc(OC)cc3)c(C)cc21. The number of nitrogens with zero attached hydrogens (tertiary/aromatic N) is 3. The summed E-state index contributed by atoms with van der Waals surface area (Å²) in [5, 5.41) is 5.02. The smallest absolute Gasteiger partial charge is 0.262 e. The number of fused-ring (bicyclic) bond motifs is 1. The van der Waals surface area contributed by atoms with Gasteiger partial charge in [0.2, 0.25) is 0 Å². The largest absolute Gasteiger partial charge is 0.497 e. The summed E-state index contributed by atoms with van der Waals surface area (Å²) in [6.45, 7) is 5.44. The van der Waals surface area contributed by atoms with Crippen LogP contribution in [0.1, 0.15) is 24.6 Å². The van der Waals surface area contributed by atoms with Gasteiger partial charge in [0.1, 0.15) is 5.75 Å². The lowest BCUT2D eigenvalue weighted by molar-refractivity contribution is 0.414. The van der Waals surface area contributed by atoms with E-state index in [0.717, 1.165) is 35.5 Å². The Labute approximate surface area is 135 Å². The molecule has 2 aromatic heterocycles. The maximum Gasteiger partial charge on any atom is 0.262 e. The van der Waals surface area contributed by atoms with Crippen molar-refractivity contribution in [2.45, 2.75) is 33.4 Å². The normalized spacial score (nSPS) is 11.1. The summed E-state index contributed by atoms with van der Waals surface area (Å²) in [6, 6.07) is 9.83. The van der Waals surface area contributed by atoms with Crippen LogP contribution in [0.15, 0.2) is 41.3 Å². The zero-order valence-electron chi connectivity index (χ0n) is 13.7. The van der Waals surface area contributed by atoms with Crippen LogP contribution in [0.4, 0.5) is 0 Å². The molecule has 3 rings (SSSR count). The first-order chi connectivity index (χ1) is 11.1. The molecule has 0 bridgehead atoms. The van der Waals surface area contributed by atoms with Gasteiger partial charge in [-0.2, -0.15) is 5.10 Å². The van der Waals surface area contributed by atoms with Crippen molar-refractivity contribution in [3.63, 3.8) is 0 Å². The molecule has 120 valence electrons. The number of methoxy groups -OCH3 is 1. The van der Waals surface area contributed by atoms with E-state index in [1.54, 1.807) is 17.9 Å². The van der Waals surface area contributed by atoms with Crippen molar-refractivity contribution in [3.05, 3.63) is 58.1 Å². The summed E-state index contributed by atoms with van der Waals surface area (Å²) >= 11 is 0. The molecular weight excluding hydrogens is 290 g/mol. The molecule has 1 aromatic carbocycles. The molecule has 5 heteroatoms. The molecule has 0 amide bonds. The highest BCUT2D eigenvalue weighted by Gasteiger charge is 2.11. The van der Waals surface area contributed by atoms with E-state index in [0.29, 0.717) is 11.9 Å². The third-order valence-corrected chi connectivity index (χ3v) is 4.06. The van der Waals surface area contributed by atoms with Gasteiger partial charge in [-0.1, -0.05) is 19.1 Å². The van der Waals surface area contributed by atoms with Crippen LogP contribution >= 0.6 is 0 Å². The van der Waals surface area contributed by atoms with Crippen LogP contribution in [0, 0.1) is 6.92 Å². The number of hydrogen-bond donors (Lipinski definition) is 0. The fraction of sp³-hybridized carbons (Fsp3) is 0.333. The molecule has 0 fully saturated rings. The van der Waals surface area contributed by atoms with Crippen molar-refractivity contribution in [1.82, 2.24) is 14.3 Å². The maximum absolute atomic E-state index is 12.8. The fourth-order valence-corrected chi connectivity index (χ4v) is 2.79. The number of benzene rings is 1. The van der Waals surface area contributed by atoms with Gasteiger partial charge in [-0.25, -0.2) is 0 Å². The van der Waals surface area contributed by atoms with E-state index in [4.69, 9.17) is 4.74 Å². The predicted molar refractivity (Wildman–Crippen MR) is 91.1 cm³/mol. The molecule has 0 atom stereocenters. The van der Waals surface area contributed by atoms with E-state index >= 15 is 0 Å². The first-order valence-corrected chi connectivity index (χ1v) is 7.83. The summed E-state index contributed by atoms with van der Waals surface area (Å²) < 4.78 is 8.87. The molecule has 0 aliphatic rings. The molecule has 23 heavy (non-hydrogen) atoms. The van der Waals surface area contributed by atoms with E-state index in [9.17, 15) is 4.79 Å². The van der Waals surface area contributed by atoms with Gasteiger partial charge in [0.05, 0.1) is 30.8 Å². The average molecular weight is 311 g/mol. The third kappa shape index (κ3) is 2.86. The van der Waals surface area contributed by atoms with E-state index < -0.39 is 0 Å². The van der Waals surface area contributed by atoms with Gasteiger partial charge >= 0.3 is 0 Å². The zero-order valence-corrected chi connectivity index (χ0v) is 13.7. The second-order valence-corrected chi connectivity index (χ2v) is 5.69. The van der Waals surface area contributed by atoms with Crippen LogP contribution in [0.2, 0.25) is 0 Å². The first kappa shape index (κ1) is 15.3. The summed E-state index contributed by atoms with van der Waals surface area (Å²) in [6.07, 6.45) is 2.67. The highest BCUT2D eigenvalue weighted by molar-refractivity contribution is 5.78. The zero-order chi connectivity index (χ0) is 16.4. The Morgan fingerprint density at radius 2 is 1.96 bits per heavy atom. The molecule has 0 spiro atoms. The van der Waals surface area contributed by atoms with E-state index in [1.165, 1.54) is 0 Å². The van der Waals surface area contributed by atoms with E-state index in [2.05, 4.69) is 12.0 Å². The Hall–Kier alpha value is -2.56. The second-order valence-electron chi connectivity index (χ2n) is 5.69. The second kappa shape index (κ2) is 6.28. The van der Waals surface area contributed by atoms with Crippen LogP contribution in [-0.4, -0.2) is 21.5 Å². The molecule has 0 saturated carbocycles. The summed E-state index contributed by atoms with van der Waals surface area (Å²) in [5.41, 5.74) is 2.94. The number of aromatic nitrogens is 3. The minimum atomic E-state index is 0.0122. The lowest BCUT2D eigenvalue weighted by atomic mass is 10.2. The average Bonchev–Trinajstić information content (AvgIpc) is 2.95. The van der Waals surface area contributed by atoms with Crippen molar-refractivity contribution in [2.24, 2.45) is 0 Å². The topological polar surface area (TPSA) is 49.0 Å². The Bertz CT molecular complexity index is 876. The number of ether oxygens (including phenoxy) is 1. The van der Waals surface area contributed by atoms with Gasteiger partial charge in [0.25, 0.3) is 5.56 Å². The third-order valence-electron chi connectivity index (χ3n) is 4.06.